The van der Waals surface area contributed by atoms with Crippen LogP contribution in [-0.4, -0.2) is 72.8 Å². The molecule has 1 aliphatic heterocycles. The van der Waals surface area contributed by atoms with Crippen LogP contribution in [0.1, 0.15) is 11.4 Å². The lowest BCUT2D eigenvalue weighted by molar-refractivity contribution is -0.119. The SMILES string of the molecule is CS(=O)(=O)c1ccc(-c2cccn3nc(Cc4cccc(N5CCN(CC(N)=O)CC5)c4)nc23)cc1. The van der Waals surface area contributed by atoms with E-state index in [9.17, 15) is 13.2 Å². The monoisotopic (exact) mass is 504 g/mol. The van der Waals surface area contributed by atoms with Crippen molar-refractivity contribution in [2.75, 3.05) is 43.9 Å². The average molecular weight is 505 g/mol. The summed E-state index contributed by atoms with van der Waals surface area (Å²) in [5, 5.41) is 4.68. The second-order valence-electron chi connectivity index (χ2n) is 9.09. The van der Waals surface area contributed by atoms with Gasteiger partial charge in [-0.1, -0.05) is 24.3 Å². The number of hydrogen-bond acceptors (Lipinski definition) is 7. The number of carbonyl (C=O) groups excluding carboxylic acids is 1. The molecule has 9 nitrogen and oxygen atoms in total. The molecule has 10 heteroatoms. The summed E-state index contributed by atoms with van der Waals surface area (Å²) in [5.41, 5.74) is 10.1. The number of nitrogens with two attached hydrogens (primary N) is 1. The summed E-state index contributed by atoms with van der Waals surface area (Å²) in [5.74, 6) is 0.415. The molecule has 2 aromatic carbocycles. The Morgan fingerprint density at radius 2 is 1.75 bits per heavy atom. The molecular weight excluding hydrogens is 476 g/mol. The smallest absolute Gasteiger partial charge is 0.231 e. The molecular formula is C26H28N6O3S. The van der Waals surface area contributed by atoms with Gasteiger partial charge in [-0.3, -0.25) is 9.69 Å². The highest BCUT2D eigenvalue weighted by Gasteiger charge is 2.19. The Labute approximate surface area is 210 Å². The maximum atomic E-state index is 11.8. The van der Waals surface area contributed by atoms with Crippen molar-refractivity contribution in [3.63, 3.8) is 0 Å². The Morgan fingerprint density at radius 1 is 1.00 bits per heavy atom. The minimum absolute atomic E-state index is 0.287. The molecule has 0 atom stereocenters. The molecule has 1 fully saturated rings. The van der Waals surface area contributed by atoms with Crippen LogP contribution < -0.4 is 10.6 Å². The van der Waals surface area contributed by atoms with Crippen molar-refractivity contribution >= 4 is 27.1 Å². The number of pyridine rings is 1. The topological polar surface area (TPSA) is 114 Å². The van der Waals surface area contributed by atoms with Crippen LogP contribution >= 0.6 is 0 Å². The molecule has 3 heterocycles. The fourth-order valence-corrected chi connectivity index (χ4v) is 5.19. The van der Waals surface area contributed by atoms with E-state index >= 15 is 0 Å². The fourth-order valence-electron chi connectivity index (χ4n) is 4.56. The first kappa shape index (κ1) is 24.0. The van der Waals surface area contributed by atoms with E-state index < -0.39 is 9.84 Å². The molecule has 0 saturated carbocycles. The molecule has 0 spiro atoms. The number of nitrogens with zero attached hydrogens (tertiary/aromatic N) is 5. The van der Waals surface area contributed by atoms with Gasteiger partial charge in [-0.15, -0.1) is 0 Å². The molecule has 5 rings (SSSR count). The molecule has 2 N–H and O–H groups in total. The van der Waals surface area contributed by atoms with E-state index in [4.69, 9.17) is 10.7 Å². The Hall–Kier alpha value is -3.76. The first-order valence-corrected chi connectivity index (χ1v) is 13.6. The largest absolute Gasteiger partial charge is 0.369 e. The highest BCUT2D eigenvalue weighted by atomic mass is 32.2. The second kappa shape index (κ2) is 9.71. The number of carbonyl (C=O) groups is 1. The van der Waals surface area contributed by atoms with Gasteiger partial charge in [0.2, 0.25) is 5.91 Å². The number of fused-ring (bicyclic) bond motifs is 1. The molecule has 2 aromatic heterocycles. The lowest BCUT2D eigenvalue weighted by atomic mass is 10.1. The van der Waals surface area contributed by atoms with Gasteiger partial charge >= 0.3 is 0 Å². The van der Waals surface area contributed by atoms with E-state index in [1.807, 2.05) is 24.4 Å². The third kappa shape index (κ3) is 5.24. The molecule has 0 bridgehead atoms. The number of amides is 1. The van der Waals surface area contributed by atoms with E-state index in [2.05, 4.69) is 33.1 Å². The molecule has 0 unspecified atom stereocenters. The molecule has 1 amide bonds. The predicted molar refractivity (Wildman–Crippen MR) is 139 cm³/mol. The standard InChI is InChI=1S/C26H28N6O3S/c1-36(34,35)22-9-7-20(8-10-22)23-6-3-11-32-26(23)28-25(29-32)17-19-4-2-5-21(16-19)31-14-12-30(13-15-31)18-24(27)33/h2-11,16H,12-15,17-18H2,1H3,(H2,27,33). The number of piperazine rings is 1. The Kier molecular flexibility index (Phi) is 6.46. The van der Waals surface area contributed by atoms with Gasteiger partial charge in [0, 0.05) is 56.3 Å². The third-order valence-electron chi connectivity index (χ3n) is 6.39. The van der Waals surface area contributed by atoms with Crippen molar-refractivity contribution in [3.8, 4) is 11.1 Å². The average Bonchev–Trinajstić information content (AvgIpc) is 3.26. The van der Waals surface area contributed by atoms with E-state index in [0.717, 1.165) is 54.2 Å². The summed E-state index contributed by atoms with van der Waals surface area (Å²) in [6.45, 7) is 3.58. The number of aromatic nitrogens is 3. The number of benzene rings is 2. The van der Waals surface area contributed by atoms with E-state index in [1.165, 1.54) is 6.26 Å². The second-order valence-corrected chi connectivity index (χ2v) is 11.1. The zero-order valence-corrected chi connectivity index (χ0v) is 20.9. The van der Waals surface area contributed by atoms with Crippen LogP contribution in [0.15, 0.2) is 71.8 Å². The van der Waals surface area contributed by atoms with Crippen molar-refractivity contribution in [3.05, 3.63) is 78.2 Å². The third-order valence-corrected chi connectivity index (χ3v) is 7.52. The zero-order chi connectivity index (χ0) is 25.3. The van der Waals surface area contributed by atoms with E-state index in [-0.39, 0.29) is 10.8 Å². The molecule has 1 saturated heterocycles. The molecule has 36 heavy (non-hydrogen) atoms. The number of anilines is 1. The van der Waals surface area contributed by atoms with Gasteiger partial charge in [-0.05, 0) is 47.5 Å². The number of hydrogen-bond donors (Lipinski definition) is 1. The van der Waals surface area contributed by atoms with Crippen molar-refractivity contribution in [1.82, 2.24) is 19.5 Å². The normalized spacial score (nSPS) is 14.9. The Balaban J connectivity index is 1.34. The Bertz CT molecular complexity index is 1510. The maximum Gasteiger partial charge on any atom is 0.231 e. The van der Waals surface area contributed by atoms with Gasteiger partial charge in [0.25, 0.3) is 0 Å². The quantitative estimate of drug-likeness (QED) is 0.409. The van der Waals surface area contributed by atoms with Crippen molar-refractivity contribution in [1.29, 1.82) is 0 Å². The highest BCUT2D eigenvalue weighted by molar-refractivity contribution is 7.90. The van der Waals surface area contributed by atoms with Crippen LogP contribution in [0.3, 0.4) is 0 Å². The van der Waals surface area contributed by atoms with Gasteiger partial charge in [0.15, 0.2) is 21.3 Å². The van der Waals surface area contributed by atoms with E-state index in [1.54, 1.807) is 28.8 Å². The molecule has 186 valence electrons. The fraction of sp³-hybridized carbons (Fsp3) is 0.269. The van der Waals surface area contributed by atoms with Crippen molar-refractivity contribution in [2.45, 2.75) is 11.3 Å². The van der Waals surface area contributed by atoms with Gasteiger partial charge < -0.3 is 10.6 Å². The molecule has 0 radical (unpaired) electrons. The maximum absolute atomic E-state index is 11.8. The molecule has 4 aromatic rings. The summed E-state index contributed by atoms with van der Waals surface area (Å²) in [7, 11) is -3.25. The van der Waals surface area contributed by atoms with Crippen LogP contribution in [0.4, 0.5) is 5.69 Å². The summed E-state index contributed by atoms with van der Waals surface area (Å²) in [4.78, 5) is 20.7. The molecule has 1 aliphatic rings. The first-order valence-electron chi connectivity index (χ1n) is 11.8. The van der Waals surface area contributed by atoms with E-state index in [0.29, 0.717) is 18.8 Å². The lowest BCUT2D eigenvalue weighted by Crippen LogP contribution is -2.48. The summed E-state index contributed by atoms with van der Waals surface area (Å²) in [6.07, 6.45) is 3.65. The summed E-state index contributed by atoms with van der Waals surface area (Å²) >= 11 is 0. The Morgan fingerprint density at radius 3 is 2.44 bits per heavy atom. The lowest BCUT2D eigenvalue weighted by Gasteiger charge is -2.35. The van der Waals surface area contributed by atoms with Crippen LogP contribution in [-0.2, 0) is 21.1 Å². The zero-order valence-electron chi connectivity index (χ0n) is 20.0. The first-order chi connectivity index (χ1) is 17.3. The van der Waals surface area contributed by atoms with Gasteiger partial charge in [0.1, 0.15) is 0 Å². The molecule has 0 aliphatic carbocycles. The van der Waals surface area contributed by atoms with Gasteiger partial charge in [0.05, 0.1) is 11.4 Å². The number of primary amides is 1. The van der Waals surface area contributed by atoms with Crippen LogP contribution in [0.25, 0.3) is 16.8 Å². The van der Waals surface area contributed by atoms with Crippen molar-refractivity contribution < 1.29 is 13.2 Å². The number of rotatable bonds is 7. The van der Waals surface area contributed by atoms with Gasteiger partial charge in [-0.25, -0.2) is 17.9 Å². The minimum Gasteiger partial charge on any atom is -0.369 e. The van der Waals surface area contributed by atoms with Crippen LogP contribution in [0.2, 0.25) is 0 Å². The van der Waals surface area contributed by atoms with Gasteiger partial charge in [-0.2, -0.15) is 5.10 Å². The van der Waals surface area contributed by atoms with Crippen LogP contribution in [0, 0.1) is 0 Å². The number of sulfone groups is 1. The van der Waals surface area contributed by atoms with Crippen LogP contribution in [0.5, 0.6) is 0 Å². The summed E-state index contributed by atoms with van der Waals surface area (Å²) < 4.78 is 25.4. The predicted octanol–water partition coefficient (Wildman–Crippen LogP) is 2.00. The summed E-state index contributed by atoms with van der Waals surface area (Å²) in [6, 6.07) is 19.1. The minimum atomic E-state index is -3.25. The highest BCUT2D eigenvalue weighted by Crippen LogP contribution is 2.26. The van der Waals surface area contributed by atoms with Crippen molar-refractivity contribution in [2.24, 2.45) is 5.73 Å².